The van der Waals surface area contributed by atoms with Gasteiger partial charge in [-0.3, -0.25) is 0 Å². The summed E-state index contributed by atoms with van der Waals surface area (Å²) < 4.78 is 6.57. The average Bonchev–Trinajstić information content (AvgIpc) is 3.76. The molecule has 0 unspecified atom stereocenters. The Balaban J connectivity index is 0.954. The molecule has 0 N–H and O–H groups in total. The topological polar surface area (TPSA) is 16.4 Å². The van der Waals surface area contributed by atoms with E-state index in [1.54, 1.807) is 0 Å². The van der Waals surface area contributed by atoms with Crippen molar-refractivity contribution < 1.29 is 4.42 Å². The lowest BCUT2D eigenvalue weighted by Crippen LogP contribution is -2.11. The zero-order chi connectivity index (χ0) is 42.4. The van der Waals surface area contributed by atoms with Gasteiger partial charge in [-0.05, 0) is 126 Å². The SMILES string of the molecule is c1ccc(-c2ccc(-c3ccc(N(c4ccc(-c5ccc6c(-c7ccc8ccccc8c7)cc7oc8ccccc8c7c6c5)cc4)c4ccccc4-c4ccccc4)cc3)cc2)cc1. The van der Waals surface area contributed by atoms with E-state index in [0.29, 0.717) is 0 Å². The highest BCUT2D eigenvalue weighted by molar-refractivity contribution is 6.22. The molecule has 1 heterocycles. The third-order valence-electron chi connectivity index (χ3n) is 12.7. The average molecular weight is 816 g/mol. The van der Waals surface area contributed by atoms with Crippen LogP contribution in [0.3, 0.4) is 0 Å². The second-order valence-electron chi connectivity index (χ2n) is 16.5. The molecule has 2 nitrogen and oxygen atoms in total. The minimum Gasteiger partial charge on any atom is -0.456 e. The number of rotatable bonds is 8. The molecule has 12 aromatic rings. The van der Waals surface area contributed by atoms with Gasteiger partial charge in [0, 0.05) is 27.7 Å². The van der Waals surface area contributed by atoms with Crippen molar-refractivity contribution in [1.82, 2.24) is 0 Å². The lowest BCUT2D eigenvalue weighted by Gasteiger charge is -2.28. The molecule has 0 aliphatic heterocycles. The quantitative estimate of drug-likeness (QED) is 0.152. The molecule has 12 rings (SSSR count). The summed E-state index contributed by atoms with van der Waals surface area (Å²) in [5.74, 6) is 0. The molecule has 0 aliphatic carbocycles. The molecular formula is C62H41NO. The van der Waals surface area contributed by atoms with E-state index in [9.17, 15) is 0 Å². The predicted octanol–water partition coefficient (Wildman–Crippen LogP) is 17.7. The standard InChI is InChI=1S/C62H41NO/c1-3-13-42(14-4-1)44-23-25-45(26-24-44)46-29-34-52(35-30-46)63(59-21-11-9-19-54(59)48-16-5-2-6-17-48)53-36-31-47(32-37-53)50-33-38-55-57(51-28-27-43-15-7-8-18-49(43)39-51)41-61-62(58(55)40-50)56-20-10-12-22-60(56)64-61/h1-41H. The Morgan fingerprint density at radius 1 is 0.266 bits per heavy atom. The Morgan fingerprint density at radius 3 is 1.48 bits per heavy atom. The second kappa shape index (κ2) is 15.8. The first-order chi connectivity index (χ1) is 31.7. The van der Waals surface area contributed by atoms with Crippen molar-refractivity contribution in [3.63, 3.8) is 0 Å². The maximum Gasteiger partial charge on any atom is 0.136 e. The summed E-state index contributed by atoms with van der Waals surface area (Å²) in [4.78, 5) is 2.38. The summed E-state index contributed by atoms with van der Waals surface area (Å²) in [5.41, 5.74) is 16.8. The van der Waals surface area contributed by atoms with Gasteiger partial charge in [0.2, 0.25) is 0 Å². The van der Waals surface area contributed by atoms with E-state index < -0.39 is 0 Å². The van der Waals surface area contributed by atoms with Crippen LogP contribution in [0.25, 0.3) is 99.1 Å². The molecule has 64 heavy (non-hydrogen) atoms. The van der Waals surface area contributed by atoms with E-state index in [1.165, 1.54) is 60.5 Å². The maximum absolute atomic E-state index is 6.57. The fraction of sp³-hybridized carbons (Fsp3) is 0. The summed E-state index contributed by atoms with van der Waals surface area (Å²) in [5, 5.41) is 7.11. The predicted molar refractivity (Wildman–Crippen MR) is 271 cm³/mol. The van der Waals surface area contributed by atoms with Crippen LogP contribution in [0.1, 0.15) is 0 Å². The number of benzene rings is 11. The van der Waals surface area contributed by atoms with Gasteiger partial charge in [-0.1, -0.05) is 194 Å². The number of hydrogen-bond donors (Lipinski definition) is 0. The van der Waals surface area contributed by atoms with Crippen LogP contribution in [0.2, 0.25) is 0 Å². The second-order valence-corrected chi connectivity index (χ2v) is 16.5. The van der Waals surface area contributed by atoms with Gasteiger partial charge in [0.1, 0.15) is 11.2 Å². The molecule has 300 valence electrons. The molecule has 0 radical (unpaired) electrons. The third-order valence-corrected chi connectivity index (χ3v) is 12.7. The van der Waals surface area contributed by atoms with E-state index in [0.717, 1.165) is 55.7 Å². The fourth-order valence-electron chi connectivity index (χ4n) is 9.46. The largest absolute Gasteiger partial charge is 0.456 e. The molecule has 0 aliphatic rings. The van der Waals surface area contributed by atoms with Crippen molar-refractivity contribution in [2.45, 2.75) is 0 Å². The monoisotopic (exact) mass is 815 g/mol. The number of furan rings is 1. The summed E-state index contributed by atoms with van der Waals surface area (Å²) in [6.07, 6.45) is 0. The zero-order valence-electron chi connectivity index (χ0n) is 35.0. The van der Waals surface area contributed by atoms with E-state index in [1.807, 2.05) is 6.07 Å². The number of hydrogen-bond acceptors (Lipinski definition) is 2. The number of nitrogens with zero attached hydrogens (tertiary/aromatic N) is 1. The van der Waals surface area contributed by atoms with Crippen LogP contribution in [-0.2, 0) is 0 Å². The van der Waals surface area contributed by atoms with Crippen molar-refractivity contribution in [2.24, 2.45) is 0 Å². The van der Waals surface area contributed by atoms with Gasteiger partial charge < -0.3 is 9.32 Å². The Morgan fingerprint density at radius 2 is 0.781 bits per heavy atom. The first-order valence-electron chi connectivity index (χ1n) is 21.9. The molecule has 0 amide bonds. The van der Waals surface area contributed by atoms with Crippen LogP contribution in [0.4, 0.5) is 17.1 Å². The minimum atomic E-state index is 0.896. The first kappa shape index (κ1) is 37.3. The maximum atomic E-state index is 6.57. The molecule has 11 aromatic carbocycles. The molecule has 1 aromatic heterocycles. The normalized spacial score (nSPS) is 11.4. The highest BCUT2D eigenvalue weighted by Gasteiger charge is 2.19. The summed E-state index contributed by atoms with van der Waals surface area (Å²) in [7, 11) is 0. The molecule has 0 saturated carbocycles. The smallest absolute Gasteiger partial charge is 0.136 e. The molecule has 0 spiro atoms. The Hall–Kier alpha value is -8.46. The number of anilines is 3. The fourth-order valence-corrected chi connectivity index (χ4v) is 9.46. The van der Waals surface area contributed by atoms with Crippen molar-refractivity contribution in [2.75, 3.05) is 4.90 Å². The summed E-state index contributed by atoms with van der Waals surface area (Å²) in [6, 6.07) is 89.6. The molecule has 0 saturated heterocycles. The minimum absolute atomic E-state index is 0.896. The van der Waals surface area contributed by atoms with Crippen molar-refractivity contribution >= 4 is 60.5 Å². The summed E-state index contributed by atoms with van der Waals surface area (Å²) >= 11 is 0. The van der Waals surface area contributed by atoms with E-state index in [-0.39, 0.29) is 0 Å². The first-order valence-corrected chi connectivity index (χ1v) is 21.9. The van der Waals surface area contributed by atoms with Crippen LogP contribution in [0, 0.1) is 0 Å². The third kappa shape index (κ3) is 6.70. The number of para-hydroxylation sites is 2. The van der Waals surface area contributed by atoms with E-state index in [2.05, 4.69) is 248 Å². The lowest BCUT2D eigenvalue weighted by atomic mass is 9.91. The van der Waals surface area contributed by atoms with Gasteiger partial charge in [-0.25, -0.2) is 0 Å². The van der Waals surface area contributed by atoms with Crippen LogP contribution in [-0.4, -0.2) is 0 Å². The molecule has 0 atom stereocenters. The van der Waals surface area contributed by atoms with Gasteiger partial charge in [-0.15, -0.1) is 0 Å². The van der Waals surface area contributed by atoms with Gasteiger partial charge >= 0.3 is 0 Å². The van der Waals surface area contributed by atoms with Crippen LogP contribution >= 0.6 is 0 Å². The van der Waals surface area contributed by atoms with Gasteiger partial charge in [0.05, 0.1) is 5.69 Å². The van der Waals surface area contributed by atoms with Crippen molar-refractivity contribution in [3.05, 3.63) is 249 Å². The zero-order valence-corrected chi connectivity index (χ0v) is 35.0. The molecular weight excluding hydrogens is 775 g/mol. The van der Waals surface area contributed by atoms with Crippen molar-refractivity contribution in [1.29, 1.82) is 0 Å². The highest BCUT2D eigenvalue weighted by Crippen LogP contribution is 2.44. The molecule has 0 fully saturated rings. The highest BCUT2D eigenvalue weighted by atomic mass is 16.3. The van der Waals surface area contributed by atoms with E-state index >= 15 is 0 Å². The van der Waals surface area contributed by atoms with Crippen LogP contribution in [0.5, 0.6) is 0 Å². The van der Waals surface area contributed by atoms with Crippen molar-refractivity contribution in [3.8, 4) is 55.6 Å². The van der Waals surface area contributed by atoms with E-state index in [4.69, 9.17) is 4.42 Å². The van der Waals surface area contributed by atoms with Crippen LogP contribution < -0.4 is 4.90 Å². The molecule has 2 heteroatoms. The number of fused-ring (bicyclic) bond motifs is 6. The Kier molecular flexibility index (Phi) is 9.20. The Bertz CT molecular complexity index is 3630. The van der Waals surface area contributed by atoms with Gasteiger partial charge in [0.15, 0.2) is 0 Å². The van der Waals surface area contributed by atoms with Crippen LogP contribution in [0.15, 0.2) is 253 Å². The Labute approximate surface area is 372 Å². The van der Waals surface area contributed by atoms with Gasteiger partial charge in [0.25, 0.3) is 0 Å². The molecule has 0 bridgehead atoms. The lowest BCUT2D eigenvalue weighted by molar-refractivity contribution is 0.669. The summed E-state index contributed by atoms with van der Waals surface area (Å²) in [6.45, 7) is 0. The van der Waals surface area contributed by atoms with Gasteiger partial charge in [-0.2, -0.15) is 0 Å².